The number of benzene rings is 1. The average molecular weight is 450 g/mol. The fourth-order valence-corrected chi connectivity index (χ4v) is 4.35. The van der Waals surface area contributed by atoms with Gasteiger partial charge in [0.2, 0.25) is 0 Å². The van der Waals surface area contributed by atoms with E-state index in [9.17, 15) is 14.0 Å². The Hall–Kier alpha value is -1.95. The number of ether oxygens (including phenoxy) is 1. The van der Waals surface area contributed by atoms with E-state index in [0.29, 0.717) is 30.5 Å². The first-order valence-electron chi connectivity index (χ1n) is 12.3. The summed E-state index contributed by atoms with van der Waals surface area (Å²) in [6.45, 7) is 5.99. The van der Waals surface area contributed by atoms with Crippen LogP contribution in [0, 0.1) is 11.7 Å². The van der Waals surface area contributed by atoms with Gasteiger partial charge in [-0.05, 0) is 75.6 Å². The van der Waals surface area contributed by atoms with Crippen molar-refractivity contribution in [2.75, 3.05) is 20.2 Å². The van der Waals surface area contributed by atoms with Gasteiger partial charge in [-0.1, -0.05) is 39.5 Å². The molecule has 0 amide bonds. The van der Waals surface area contributed by atoms with Gasteiger partial charge >= 0.3 is 5.97 Å². The summed E-state index contributed by atoms with van der Waals surface area (Å²) < 4.78 is 19.9. The predicted molar refractivity (Wildman–Crippen MR) is 125 cm³/mol. The van der Waals surface area contributed by atoms with Crippen LogP contribution in [-0.4, -0.2) is 48.5 Å². The van der Waals surface area contributed by atoms with Gasteiger partial charge in [0.25, 0.3) is 0 Å². The number of unbranched alkanes of at least 4 members (excludes halogenated alkanes) is 2. The fourth-order valence-electron chi connectivity index (χ4n) is 4.35. The number of aliphatic carboxylic acids is 1. The number of halogens is 1. The Balaban J connectivity index is 0.000000336. The molecule has 1 aromatic carbocycles. The van der Waals surface area contributed by atoms with Gasteiger partial charge in [-0.25, -0.2) is 4.39 Å². The molecular formula is C26H40FNO4. The number of carbonyl (C=O) groups excluding carboxylic acids is 1. The van der Waals surface area contributed by atoms with Crippen LogP contribution in [0.2, 0.25) is 0 Å². The van der Waals surface area contributed by atoms with Crippen LogP contribution in [0.1, 0.15) is 99.9 Å². The molecule has 1 saturated heterocycles. The summed E-state index contributed by atoms with van der Waals surface area (Å²) in [4.78, 5) is 23.2. The highest BCUT2D eigenvalue weighted by Gasteiger charge is 2.28. The van der Waals surface area contributed by atoms with E-state index >= 15 is 0 Å². The molecule has 2 fully saturated rings. The molecule has 2 unspecified atom stereocenters. The Kier molecular flexibility index (Phi) is 11.1. The number of carboxylic acid groups (broad SMARTS) is 1. The van der Waals surface area contributed by atoms with Gasteiger partial charge < -0.3 is 9.84 Å². The van der Waals surface area contributed by atoms with Crippen molar-refractivity contribution >= 4 is 12.3 Å². The highest BCUT2D eigenvalue weighted by Crippen LogP contribution is 2.45. The van der Waals surface area contributed by atoms with Crippen molar-refractivity contribution in [3.63, 3.8) is 0 Å². The SMILES string of the molecule is CCCCCC(CCC)COc1cc(F)c(C=O)cc1C1CC1.CN1CCCC1C(=O)O. The molecule has 2 aliphatic rings. The number of carbonyl (C=O) groups is 2. The minimum Gasteiger partial charge on any atom is -0.493 e. The van der Waals surface area contributed by atoms with E-state index in [1.165, 1.54) is 31.7 Å². The van der Waals surface area contributed by atoms with Gasteiger partial charge in [0, 0.05) is 6.07 Å². The zero-order valence-corrected chi connectivity index (χ0v) is 19.9. The molecule has 180 valence electrons. The van der Waals surface area contributed by atoms with Crippen molar-refractivity contribution in [2.45, 2.75) is 90.0 Å². The molecule has 2 atom stereocenters. The van der Waals surface area contributed by atoms with Crippen LogP contribution >= 0.6 is 0 Å². The highest BCUT2D eigenvalue weighted by atomic mass is 19.1. The van der Waals surface area contributed by atoms with Gasteiger partial charge in [-0.15, -0.1) is 0 Å². The quantitative estimate of drug-likeness (QED) is 0.310. The molecule has 0 aromatic heterocycles. The summed E-state index contributed by atoms with van der Waals surface area (Å²) in [6, 6.07) is 2.87. The Bertz CT molecular complexity index is 735. The molecule has 0 radical (unpaired) electrons. The van der Waals surface area contributed by atoms with Gasteiger partial charge in [-0.2, -0.15) is 0 Å². The smallest absolute Gasteiger partial charge is 0.320 e. The zero-order chi connectivity index (χ0) is 23.5. The van der Waals surface area contributed by atoms with Gasteiger partial charge in [0.15, 0.2) is 6.29 Å². The molecule has 0 bridgehead atoms. The molecule has 1 N–H and O–H groups in total. The van der Waals surface area contributed by atoms with E-state index in [1.807, 2.05) is 11.9 Å². The lowest BCUT2D eigenvalue weighted by atomic mass is 9.97. The van der Waals surface area contributed by atoms with E-state index in [2.05, 4.69) is 13.8 Å². The van der Waals surface area contributed by atoms with Crippen LogP contribution in [0.15, 0.2) is 12.1 Å². The molecule has 1 aromatic rings. The Labute approximate surface area is 192 Å². The summed E-state index contributed by atoms with van der Waals surface area (Å²) in [7, 11) is 1.85. The van der Waals surface area contributed by atoms with E-state index < -0.39 is 11.8 Å². The van der Waals surface area contributed by atoms with Crippen LogP contribution in [-0.2, 0) is 4.79 Å². The molecule has 0 spiro atoms. The molecule has 6 heteroatoms. The Morgan fingerprint density at radius 2 is 1.97 bits per heavy atom. The number of likely N-dealkylation sites (N-methyl/N-ethyl adjacent to an activating group) is 1. The summed E-state index contributed by atoms with van der Waals surface area (Å²) in [6.07, 6.45) is 11.8. The minimum absolute atomic E-state index is 0.146. The molecule has 3 rings (SSSR count). The molecular weight excluding hydrogens is 409 g/mol. The Morgan fingerprint density at radius 3 is 2.47 bits per heavy atom. The van der Waals surface area contributed by atoms with E-state index in [4.69, 9.17) is 9.84 Å². The van der Waals surface area contributed by atoms with Gasteiger partial charge in [0.05, 0.1) is 12.2 Å². The lowest BCUT2D eigenvalue weighted by Gasteiger charge is -2.19. The number of hydrogen-bond donors (Lipinski definition) is 1. The van der Waals surface area contributed by atoms with Crippen molar-refractivity contribution in [3.8, 4) is 5.75 Å². The molecule has 1 heterocycles. The molecule has 5 nitrogen and oxygen atoms in total. The lowest BCUT2D eigenvalue weighted by Crippen LogP contribution is -2.32. The second-order valence-electron chi connectivity index (χ2n) is 9.24. The maximum atomic E-state index is 13.9. The third kappa shape index (κ3) is 8.19. The van der Waals surface area contributed by atoms with E-state index in [0.717, 1.165) is 50.6 Å². The zero-order valence-electron chi connectivity index (χ0n) is 19.9. The number of hydrogen-bond acceptors (Lipinski definition) is 4. The second-order valence-corrected chi connectivity index (χ2v) is 9.24. The third-order valence-electron chi connectivity index (χ3n) is 6.47. The monoisotopic (exact) mass is 449 g/mol. The summed E-state index contributed by atoms with van der Waals surface area (Å²) in [5, 5.41) is 8.54. The number of likely N-dealkylation sites (tertiary alicyclic amines) is 1. The maximum Gasteiger partial charge on any atom is 0.320 e. The topological polar surface area (TPSA) is 66.8 Å². The third-order valence-corrected chi connectivity index (χ3v) is 6.47. The summed E-state index contributed by atoms with van der Waals surface area (Å²) in [5.41, 5.74) is 1.16. The number of carboxylic acids is 1. The number of rotatable bonds is 12. The number of aldehydes is 1. The van der Waals surface area contributed by atoms with Crippen LogP contribution in [0.3, 0.4) is 0 Å². The molecule has 1 aliphatic heterocycles. The normalized spacial score (nSPS) is 19.2. The highest BCUT2D eigenvalue weighted by molar-refractivity contribution is 5.76. The van der Waals surface area contributed by atoms with Crippen LogP contribution in [0.4, 0.5) is 4.39 Å². The van der Waals surface area contributed by atoms with Crippen LogP contribution in [0.25, 0.3) is 0 Å². The predicted octanol–water partition coefficient (Wildman–Crippen LogP) is 6.06. The summed E-state index contributed by atoms with van der Waals surface area (Å²) in [5.74, 6) is 0.459. The van der Waals surface area contributed by atoms with Crippen LogP contribution < -0.4 is 4.74 Å². The first kappa shape index (κ1) is 26.3. The average Bonchev–Trinajstić information content (AvgIpc) is 3.52. The fraction of sp³-hybridized carbons (Fsp3) is 0.692. The lowest BCUT2D eigenvalue weighted by molar-refractivity contribution is -0.141. The van der Waals surface area contributed by atoms with Gasteiger partial charge in [0.1, 0.15) is 17.6 Å². The Morgan fingerprint density at radius 1 is 1.22 bits per heavy atom. The molecule has 1 aliphatic carbocycles. The second kappa shape index (κ2) is 13.6. The van der Waals surface area contributed by atoms with E-state index in [1.54, 1.807) is 6.07 Å². The van der Waals surface area contributed by atoms with E-state index in [-0.39, 0.29) is 11.6 Å². The largest absolute Gasteiger partial charge is 0.493 e. The number of nitrogens with zero attached hydrogens (tertiary/aromatic N) is 1. The van der Waals surface area contributed by atoms with Gasteiger partial charge in [-0.3, -0.25) is 14.5 Å². The van der Waals surface area contributed by atoms with Crippen molar-refractivity contribution in [3.05, 3.63) is 29.1 Å². The standard InChI is InChI=1S/C20H29FO2.C6H11NO2/c1-3-5-6-8-15(7-4-2)14-23-20-12-19(21)17(13-22)11-18(20)16-9-10-16;1-7-4-2-3-5(7)6(8)9/h11-13,15-16H,3-10,14H2,1-2H3;5H,2-4H2,1H3,(H,8,9). The minimum atomic E-state index is -0.685. The molecule has 1 saturated carbocycles. The van der Waals surface area contributed by atoms with Crippen molar-refractivity contribution in [2.24, 2.45) is 5.92 Å². The first-order chi connectivity index (χ1) is 15.4. The van der Waals surface area contributed by atoms with Crippen molar-refractivity contribution in [1.29, 1.82) is 0 Å². The maximum absolute atomic E-state index is 13.9. The first-order valence-corrected chi connectivity index (χ1v) is 12.3. The summed E-state index contributed by atoms with van der Waals surface area (Å²) >= 11 is 0. The van der Waals surface area contributed by atoms with Crippen molar-refractivity contribution in [1.82, 2.24) is 4.90 Å². The van der Waals surface area contributed by atoms with Crippen molar-refractivity contribution < 1.29 is 23.8 Å². The molecule has 32 heavy (non-hydrogen) atoms. The van der Waals surface area contributed by atoms with Crippen LogP contribution in [0.5, 0.6) is 5.75 Å².